The average Bonchev–Trinajstić information content (AvgIpc) is 3.07. The molecular weight excluding hydrogens is 414 g/mol. The first kappa shape index (κ1) is 17.3. The van der Waals surface area contributed by atoms with Crippen LogP contribution in [0.1, 0.15) is 19.6 Å². The largest absolute Gasteiger partial charge is 0.457 e. The highest BCUT2D eigenvalue weighted by molar-refractivity contribution is 9.10. The summed E-state index contributed by atoms with van der Waals surface area (Å²) in [4.78, 5) is 25.8. The van der Waals surface area contributed by atoms with E-state index in [4.69, 9.17) is 16.0 Å². The Hall–Kier alpha value is -1.50. The number of carbonyl (C=O) groups excluding carboxylic acids is 2. The fourth-order valence-corrected chi connectivity index (χ4v) is 3.66. The van der Waals surface area contributed by atoms with Crippen molar-refractivity contribution in [3.05, 3.63) is 50.5 Å². The Morgan fingerprint density at radius 1 is 1.25 bits per heavy atom. The molecule has 0 bridgehead atoms. The quantitative estimate of drug-likeness (QED) is 0.581. The Bertz CT molecular complexity index is 859. The van der Waals surface area contributed by atoms with Gasteiger partial charge in [-0.2, -0.15) is 0 Å². The molecule has 0 radical (unpaired) electrons. The molecule has 1 saturated heterocycles. The minimum atomic E-state index is -0.287. The zero-order chi connectivity index (χ0) is 17.4. The van der Waals surface area contributed by atoms with Gasteiger partial charge in [-0.25, -0.2) is 0 Å². The zero-order valence-electron chi connectivity index (χ0n) is 12.9. The van der Waals surface area contributed by atoms with Gasteiger partial charge in [-0.15, -0.1) is 0 Å². The zero-order valence-corrected chi connectivity index (χ0v) is 16.0. The summed E-state index contributed by atoms with van der Waals surface area (Å²) in [6, 6.07) is 8.91. The SMILES string of the molecule is CC(C)N1C(=O)S/C(=C/c2ccc(-c3ccc(Br)c(Cl)c3)o2)C1=O. The van der Waals surface area contributed by atoms with Gasteiger partial charge >= 0.3 is 0 Å². The van der Waals surface area contributed by atoms with Crippen LogP contribution in [-0.4, -0.2) is 22.1 Å². The van der Waals surface area contributed by atoms with Gasteiger partial charge in [0.25, 0.3) is 11.1 Å². The van der Waals surface area contributed by atoms with Crippen molar-refractivity contribution in [2.75, 3.05) is 0 Å². The van der Waals surface area contributed by atoms with E-state index in [1.54, 1.807) is 24.3 Å². The van der Waals surface area contributed by atoms with Crippen molar-refractivity contribution in [2.24, 2.45) is 0 Å². The maximum Gasteiger partial charge on any atom is 0.293 e. The summed E-state index contributed by atoms with van der Waals surface area (Å²) in [7, 11) is 0. The summed E-state index contributed by atoms with van der Waals surface area (Å²) in [5, 5.41) is 0.330. The Morgan fingerprint density at radius 2 is 2.00 bits per heavy atom. The van der Waals surface area contributed by atoms with Gasteiger partial charge in [0.15, 0.2) is 0 Å². The van der Waals surface area contributed by atoms with E-state index < -0.39 is 0 Å². The van der Waals surface area contributed by atoms with Gasteiger partial charge < -0.3 is 4.42 Å². The molecule has 4 nitrogen and oxygen atoms in total. The third kappa shape index (κ3) is 3.31. The van der Waals surface area contributed by atoms with E-state index >= 15 is 0 Å². The first-order valence-electron chi connectivity index (χ1n) is 7.19. The number of thioether (sulfide) groups is 1. The molecule has 0 N–H and O–H groups in total. The van der Waals surface area contributed by atoms with Crippen molar-refractivity contribution in [1.29, 1.82) is 0 Å². The molecule has 0 atom stereocenters. The number of amides is 2. The number of carbonyl (C=O) groups is 2. The Morgan fingerprint density at radius 3 is 2.62 bits per heavy atom. The second-order valence-corrected chi connectivity index (χ2v) is 7.73. The maximum absolute atomic E-state index is 12.3. The molecule has 1 aromatic carbocycles. The van der Waals surface area contributed by atoms with Crippen LogP contribution in [0.25, 0.3) is 17.4 Å². The molecule has 0 aliphatic carbocycles. The third-order valence-corrected chi connectivity index (χ3v) is 5.56. The maximum atomic E-state index is 12.3. The lowest BCUT2D eigenvalue weighted by molar-refractivity contribution is -0.123. The summed E-state index contributed by atoms with van der Waals surface area (Å²) in [5.41, 5.74) is 0.832. The first-order valence-corrected chi connectivity index (χ1v) is 9.18. The van der Waals surface area contributed by atoms with Crippen molar-refractivity contribution in [1.82, 2.24) is 4.90 Å². The molecule has 0 unspecified atom stereocenters. The number of hydrogen-bond acceptors (Lipinski definition) is 4. The van der Waals surface area contributed by atoms with Crippen molar-refractivity contribution in [2.45, 2.75) is 19.9 Å². The summed E-state index contributed by atoms with van der Waals surface area (Å²) >= 11 is 10.4. The van der Waals surface area contributed by atoms with Gasteiger partial charge in [-0.1, -0.05) is 17.7 Å². The Labute approximate surface area is 157 Å². The van der Waals surface area contributed by atoms with Crippen LogP contribution >= 0.6 is 39.3 Å². The Balaban J connectivity index is 1.87. The summed E-state index contributed by atoms with van der Waals surface area (Å²) in [5.74, 6) is 0.863. The average molecular weight is 427 g/mol. The van der Waals surface area contributed by atoms with Gasteiger partial charge in [0.2, 0.25) is 0 Å². The Kier molecular flexibility index (Phi) is 4.90. The van der Waals surface area contributed by atoms with Crippen LogP contribution in [0.5, 0.6) is 0 Å². The van der Waals surface area contributed by atoms with E-state index in [1.807, 2.05) is 26.0 Å². The minimum absolute atomic E-state index is 0.166. The standard InChI is InChI=1S/C17H13BrClNO3S/c1-9(2)20-16(21)15(24-17(20)22)8-11-4-6-14(23-11)10-3-5-12(18)13(19)7-10/h3-9H,1-2H3/b15-8+. The highest BCUT2D eigenvalue weighted by Gasteiger charge is 2.36. The summed E-state index contributed by atoms with van der Waals surface area (Å²) < 4.78 is 6.57. The molecule has 0 saturated carbocycles. The molecule has 2 amide bonds. The molecule has 2 heterocycles. The highest BCUT2D eigenvalue weighted by atomic mass is 79.9. The molecule has 24 heavy (non-hydrogen) atoms. The van der Waals surface area contributed by atoms with Gasteiger partial charge in [-0.3, -0.25) is 14.5 Å². The van der Waals surface area contributed by atoms with E-state index in [-0.39, 0.29) is 17.2 Å². The van der Waals surface area contributed by atoms with Crippen LogP contribution in [0.2, 0.25) is 5.02 Å². The normalized spacial score (nSPS) is 16.7. The second kappa shape index (κ2) is 6.78. The predicted octanol–water partition coefficient (Wildman–Crippen LogP) is 5.81. The minimum Gasteiger partial charge on any atom is -0.457 e. The lowest BCUT2D eigenvalue weighted by Crippen LogP contribution is -2.34. The lowest BCUT2D eigenvalue weighted by Gasteiger charge is -2.16. The second-order valence-electron chi connectivity index (χ2n) is 5.48. The topological polar surface area (TPSA) is 50.5 Å². The van der Waals surface area contributed by atoms with E-state index in [0.29, 0.717) is 21.4 Å². The van der Waals surface area contributed by atoms with Crippen molar-refractivity contribution >= 4 is 56.5 Å². The van der Waals surface area contributed by atoms with Gasteiger partial charge in [0.1, 0.15) is 11.5 Å². The summed E-state index contributed by atoms with van der Waals surface area (Å²) in [6.45, 7) is 3.61. The third-order valence-electron chi connectivity index (χ3n) is 3.44. The van der Waals surface area contributed by atoms with Crippen LogP contribution in [0.4, 0.5) is 4.79 Å². The van der Waals surface area contributed by atoms with Crippen molar-refractivity contribution < 1.29 is 14.0 Å². The number of benzene rings is 1. The van der Waals surface area contributed by atoms with Crippen molar-refractivity contribution in [3.8, 4) is 11.3 Å². The van der Waals surface area contributed by atoms with Crippen LogP contribution in [-0.2, 0) is 4.79 Å². The van der Waals surface area contributed by atoms with E-state index in [1.165, 1.54) is 4.90 Å². The van der Waals surface area contributed by atoms with Gasteiger partial charge in [-0.05, 0) is 65.8 Å². The molecule has 7 heteroatoms. The first-order chi connectivity index (χ1) is 11.4. The molecular formula is C17H13BrClNO3S. The van der Waals surface area contributed by atoms with Gasteiger partial charge in [0.05, 0.1) is 9.93 Å². The number of nitrogens with zero attached hydrogens (tertiary/aromatic N) is 1. The lowest BCUT2D eigenvalue weighted by atomic mass is 10.2. The fraction of sp³-hybridized carbons (Fsp3) is 0.176. The van der Waals surface area contributed by atoms with Gasteiger partial charge in [0, 0.05) is 22.2 Å². The molecule has 124 valence electrons. The fourth-order valence-electron chi connectivity index (χ4n) is 2.29. The monoisotopic (exact) mass is 425 g/mol. The molecule has 0 spiro atoms. The molecule has 1 aliphatic heterocycles. The highest BCUT2D eigenvalue weighted by Crippen LogP contribution is 2.35. The number of rotatable bonds is 3. The number of imide groups is 1. The number of hydrogen-bond donors (Lipinski definition) is 0. The van der Waals surface area contributed by atoms with Crippen LogP contribution in [0.15, 0.2) is 44.1 Å². The van der Waals surface area contributed by atoms with Crippen LogP contribution in [0, 0.1) is 0 Å². The smallest absolute Gasteiger partial charge is 0.293 e. The van der Waals surface area contributed by atoms with Crippen LogP contribution in [0.3, 0.4) is 0 Å². The van der Waals surface area contributed by atoms with E-state index in [2.05, 4.69) is 15.9 Å². The molecule has 1 aromatic heterocycles. The molecule has 2 aromatic rings. The summed E-state index contributed by atoms with van der Waals surface area (Å²) in [6.07, 6.45) is 1.59. The number of furan rings is 1. The molecule has 1 aliphatic rings. The van der Waals surface area contributed by atoms with Crippen molar-refractivity contribution in [3.63, 3.8) is 0 Å². The number of halogens is 2. The molecule has 3 rings (SSSR count). The van der Waals surface area contributed by atoms with E-state index in [0.717, 1.165) is 21.8 Å². The predicted molar refractivity (Wildman–Crippen MR) is 99.8 cm³/mol. The van der Waals surface area contributed by atoms with E-state index in [9.17, 15) is 9.59 Å². The molecule has 1 fully saturated rings. The van der Waals surface area contributed by atoms with Crippen LogP contribution < -0.4 is 0 Å².